The van der Waals surface area contributed by atoms with E-state index in [9.17, 15) is 19.4 Å². The molecular weight excluding hydrogens is 301 g/mol. The molecular formula is C13H11ClFN3O3. The van der Waals surface area contributed by atoms with E-state index < -0.39 is 17.8 Å². The number of aromatic hydroxyl groups is 1. The van der Waals surface area contributed by atoms with Crippen LogP contribution >= 0.6 is 11.6 Å². The molecule has 0 amide bonds. The van der Waals surface area contributed by atoms with Gasteiger partial charge in [-0.05, 0) is 29.3 Å². The number of aromatic nitrogens is 2. The molecule has 0 radical (unpaired) electrons. The first-order chi connectivity index (χ1) is 9.95. The first-order valence-electron chi connectivity index (χ1n) is 5.91. The molecule has 0 bridgehead atoms. The van der Waals surface area contributed by atoms with E-state index in [1.54, 1.807) is 12.1 Å². The van der Waals surface area contributed by atoms with E-state index in [0.29, 0.717) is 5.56 Å². The lowest BCUT2D eigenvalue weighted by Gasteiger charge is -2.15. The fraction of sp³-hybridized carbons (Fsp3) is 0.154. The molecule has 0 aliphatic rings. The molecule has 0 aliphatic carbocycles. The van der Waals surface area contributed by atoms with Crippen molar-refractivity contribution in [2.24, 2.45) is 0 Å². The summed E-state index contributed by atoms with van der Waals surface area (Å²) in [5.41, 5.74) is 0.660. The van der Waals surface area contributed by atoms with Gasteiger partial charge in [-0.15, -0.1) is 0 Å². The van der Waals surface area contributed by atoms with Crippen molar-refractivity contribution >= 4 is 23.4 Å². The maximum atomic E-state index is 13.5. The van der Waals surface area contributed by atoms with Gasteiger partial charge in [0.25, 0.3) is 0 Å². The van der Waals surface area contributed by atoms with Gasteiger partial charge in [-0.1, -0.05) is 12.1 Å². The number of nitrogens with one attached hydrogen (secondary N) is 1. The molecule has 1 atom stereocenters. The fourth-order valence-corrected chi connectivity index (χ4v) is 1.81. The number of anilines is 1. The van der Waals surface area contributed by atoms with Crippen LogP contribution in [0.4, 0.5) is 10.2 Å². The van der Waals surface area contributed by atoms with E-state index in [1.807, 2.05) is 0 Å². The van der Waals surface area contributed by atoms with Gasteiger partial charge >= 0.3 is 5.97 Å². The average Bonchev–Trinajstić information content (AvgIpc) is 2.44. The second kappa shape index (κ2) is 6.36. The predicted octanol–water partition coefficient (Wildman–Crippen LogP) is 2.08. The highest BCUT2D eigenvalue weighted by Crippen LogP contribution is 2.16. The Morgan fingerprint density at radius 1 is 1.38 bits per heavy atom. The number of hydrogen-bond acceptors (Lipinski definition) is 5. The largest absolute Gasteiger partial charge is 0.508 e. The number of rotatable bonds is 5. The summed E-state index contributed by atoms with van der Waals surface area (Å²) in [7, 11) is 0. The lowest BCUT2D eigenvalue weighted by Crippen LogP contribution is -2.32. The maximum absolute atomic E-state index is 13.5. The zero-order valence-electron chi connectivity index (χ0n) is 10.6. The average molecular weight is 312 g/mol. The van der Waals surface area contributed by atoms with Crippen LogP contribution in [0.25, 0.3) is 0 Å². The van der Waals surface area contributed by atoms with Gasteiger partial charge in [-0.3, -0.25) is 0 Å². The predicted molar refractivity (Wildman–Crippen MR) is 73.9 cm³/mol. The number of carboxylic acid groups (broad SMARTS) is 1. The van der Waals surface area contributed by atoms with Gasteiger partial charge in [-0.25, -0.2) is 14.2 Å². The van der Waals surface area contributed by atoms with Crippen molar-refractivity contribution in [1.29, 1.82) is 0 Å². The molecule has 1 aromatic carbocycles. The van der Waals surface area contributed by atoms with Crippen molar-refractivity contribution in [3.05, 3.63) is 47.1 Å². The quantitative estimate of drug-likeness (QED) is 0.732. The van der Waals surface area contributed by atoms with E-state index in [0.717, 1.165) is 6.20 Å². The first kappa shape index (κ1) is 15.0. The van der Waals surface area contributed by atoms with Gasteiger partial charge in [0.2, 0.25) is 5.28 Å². The van der Waals surface area contributed by atoms with Crippen LogP contribution in [-0.4, -0.2) is 32.2 Å². The molecule has 1 aromatic heterocycles. The third-order valence-electron chi connectivity index (χ3n) is 2.70. The topological polar surface area (TPSA) is 95.3 Å². The number of carboxylic acids is 1. The molecule has 2 aromatic rings. The van der Waals surface area contributed by atoms with E-state index in [4.69, 9.17) is 11.6 Å². The van der Waals surface area contributed by atoms with Crippen LogP contribution in [0.2, 0.25) is 5.28 Å². The fourth-order valence-electron chi connectivity index (χ4n) is 1.68. The SMILES string of the molecule is O=C(O)[C@H](Cc1ccc(O)cc1)Nc1nc(Cl)ncc1F. The number of nitrogens with zero attached hydrogens (tertiary/aromatic N) is 2. The molecule has 0 saturated carbocycles. The number of phenols is 1. The molecule has 0 unspecified atom stereocenters. The summed E-state index contributed by atoms with van der Waals surface area (Å²) in [6.45, 7) is 0. The molecule has 2 rings (SSSR count). The van der Waals surface area contributed by atoms with Gasteiger partial charge in [0, 0.05) is 6.42 Å². The summed E-state index contributed by atoms with van der Waals surface area (Å²) in [5, 5.41) is 20.7. The zero-order valence-corrected chi connectivity index (χ0v) is 11.4. The highest BCUT2D eigenvalue weighted by Gasteiger charge is 2.20. The Morgan fingerprint density at radius 2 is 2.05 bits per heavy atom. The van der Waals surface area contributed by atoms with Crippen molar-refractivity contribution in [2.75, 3.05) is 5.32 Å². The molecule has 0 spiro atoms. The van der Waals surface area contributed by atoms with Crippen LogP contribution in [0.3, 0.4) is 0 Å². The summed E-state index contributed by atoms with van der Waals surface area (Å²) in [6, 6.07) is 4.94. The van der Waals surface area contributed by atoms with Gasteiger partial charge in [0.05, 0.1) is 6.20 Å². The molecule has 110 valence electrons. The summed E-state index contributed by atoms with van der Waals surface area (Å²) in [4.78, 5) is 18.3. The number of aliphatic carboxylic acids is 1. The molecule has 0 fully saturated rings. The second-order valence-corrected chi connectivity index (χ2v) is 4.58. The summed E-state index contributed by atoms with van der Waals surface area (Å²) in [6.07, 6.45) is 0.938. The lowest BCUT2D eigenvalue weighted by molar-refractivity contribution is -0.137. The van der Waals surface area contributed by atoms with Crippen molar-refractivity contribution in [3.63, 3.8) is 0 Å². The summed E-state index contributed by atoms with van der Waals surface area (Å²) in [5.74, 6) is -2.16. The second-order valence-electron chi connectivity index (χ2n) is 4.24. The Labute approximate surface area is 124 Å². The Kier molecular flexibility index (Phi) is 4.54. The molecule has 0 saturated heterocycles. The van der Waals surface area contributed by atoms with E-state index in [1.165, 1.54) is 12.1 Å². The number of carbonyl (C=O) groups is 1. The molecule has 8 heteroatoms. The number of phenolic OH excluding ortho intramolecular Hbond substituents is 1. The lowest BCUT2D eigenvalue weighted by atomic mass is 10.1. The van der Waals surface area contributed by atoms with Gasteiger partial charge < -0.3 is 15.5 Å². The van der Waals surface area contributed by atoms with Crippen LogP contribution in [0.5, 0.6) is 5.75 Å². The van der Waals surface area contributed by atoms with Gasteiger partial charge in [-0.2, -0.15) is 4.98 Å². The summed E-state index contributed by atoms with van der Waals surface area (Å²) < 4.78 is 13.5. The molecule has 6 nitrogen and oxygen atoms in total. The minimum atomic E-state index is -1.17. The molecule has 0 aliphatic heterocycles. The van der Waals surface area contributed by atoms with Gasteiger partial charge in [0.15, 0.2) is 11.6 Å². The van der Waals surface area contributed by atoms with E-state index in [-0.39, 0.29) is 23.3 Å². The normalized spacial score (nSPS) is 11.9. The van der Waals surface area contributed by atoms with Crippen LogP contribution in [0.15, 0.2) is 30.5 Å². The highest BCUT2D eigenvalue weighted by atomic mass is 35.5. The number of halogens is 2. The molecule has 21 heavy (non-hydrogen) atoms. The first-order valence-corrected chi connectivity index (χ1v) is 6.29. The standard InChI is InChI=1S/C13H11ClFN3O3/c14-13-16-6-9(15)11(18-13)17-10(12(20)21)5-7-1-3-8(19)4-2-7/h1-4,6,10,19H,5H2,(H,20,21)(H,16,17,18)/t10-/m0/s1. The number of hydrogen-bond donors (Lipinski definition) is 3. The monoisotopic (exact) mass is 311 g/mol. The van der Waals surface area contributed by atoms with Crippen LogP contribution in [0.1, 0.15) is 5.56 Å². The summed E-state index contributed by atoms with van der Waals surface area (Å²) >= 11 is 5.55. The number of benzene rings is 1. The van der Waals surface area contributed by atoms with Crippen molar-refractivity contribution in [2.45, 2.75) is 12.5 Å². The Bertz CT molecular complexity index is 652. The Balaban J connectivity index is 2.17. The van der Waals surface area contributed by atoms with Crippen LogP contribution in [0, 0.1) is 5.82 Å². The minimum absolute atomic E-state index is 0.0761. The van der Waals surface area contributed by atoms with Crippen molar-refractivity contribution in [3.8, 4) is 5.75 Å². The molecule has 1 heterocycles. The Morgan fingerprint density at radius 3 is 2.67 bits per heavy atom. The van der Waals surface area contributed by atoms with E-state index in [2.05, 4.69) is 15.3 Å². The highest BCUT2D eigenvalue weighted by molar-refractivity contribution is 6.28. The Hall–Kier alpha value is -2.41. The molecule has 3 N–H and O–H groups in total. The zero-order chi connectivity index (χ0) is 15.4. The minimum Gasteiger partial charge on any atom is -0.508 e. The third-order valence-corrected chi connectivity index (χ3v) is 2.88. The van der Waals surface area contributed by atoms with Gasteiger partial charge in [0.1, 0.15) is 11.8 Å². The smallest absolute Gasteiger partial charge is 0.326 e. The van der Waals surface area contributed by atoms with Crippen molar-refractivity contribution < 1.29 is 19.4 Å². The maximum Gasteiger partial charge on any atom is 0.326 e. The van der Waals surface area contributed by atoms with Crippen LogP contribution < -0.4 is 5.32 Å². The van der Waals surface area contributed by atoms with Crippen LogP contribution in [-0.2, 0) is 11.2 Å². The van der Waals surface area contributed by atoms with E-state index >= 15 is 0 Å². The van der Waals surface area contributed by atoms with Crippen molar-refractivity contribution in [1.82, 2.24) is 9.97 Å². The third kappa shape index (κ3) is 4.03.